The van der Waals surface area contributed by atoms with E-state index in [1.54, 1.807) is 0 Å². The third kappa shape index (κ3) is 4.11. The average Bonchev–Trinajstić information content (AvgIpc) is 2.14. The van der Waals surface area contributed by atoms with E-state index in [9.17, 15) is 0 Å². The van der Waals surface area contributed by atoms with Gasteiger partial charge in [0.05, 0.1) is 0 Å². The van der Waals surface area contributed by atoms with E-state index in [1.807, 2.05) is 25.1 Å². The van der Waals surface area contributed by atoms with E-state index in [-0.39, 0.29) is 0 Å². The molecule has 0 saturated carbocycles. The maximum Gasteiger partial charge on any atom is 0.0443 e. The normalized spacial score (nSPS) is 8.62. The van der Waals surface area contributed by atoms with Gasteiger partial charge in [-0.25, -0.2) is 0 Å². The minimum absolute atomic E-state index is 0.838. The molecule has 0 fully saturated rings. The summed E-state index contributed by atoms with van der Waals surface area (Å²) < 4.78 is 0. The Morgan fingerprint density at radius 2 is 2.08 bits per heavy atom. The molecule has 13 heavy (non-hydrogen) atoms. The first-order valence-electron chi connectivity index (χ1n) is 4.17. The largest absolute Gasteiger partial charge is 0.333 e. The van der Waals surface area contributed by atoms with E-state index in [4.69, 9.17) is 11.6 Å². The van der Waals surface area contributed by atoms with Crippen LogP contribution in [0, 0.1) is 6.92 Å². The molecular weight excluding hydrogens is 182 g/mol. The molecule has 0 heterocycles. The van der Waals surface area contributed by atoms with E-state index in [1.165, 1.54) is 12.6 Å². The smallest absolute Gasteiger partial charge is 0.0443 e. The van der Waals surface area contributed by atoms with Crippen LogP contribution in [0.15, 0.2) is 30.9 Å². The summed E-state index contributed by atoms with van der Waals surface area (Å²) in [6.07, 6.45) is 2.70. The number of hydrogen-bond donors (Lipinski definition) is 1. The average molecular weight is 198 g/mol. The fourth-order valence-electron chi connectivity index (χ4n) is 0.973. The lowest BCUT2D eigenvalue weighted by molar-refractivity contribution is 1.26. The van der Waals surface area contributed by atoms with Crippen LogP contribution in [0.1, 0.15) is 11.1 Å². The van der Waals surface area contributed by atoms with Crippen molar-refractivity contribution in [2.45, 2.75) is 13.3 Å². The van der Waals surface area contributed by atoms with Crippen molar-refractivity contribution in [2.75, 3.05) is 7.05 Å². The van der Waals surface area contributed by atoms with E-state index in [0.29, 0.717) is 0 Å². The Balaban J connectivity index is 0.000000671. The maximum absolute atomic E-state index is 5.96. The molecule has 0 atom stereocenters. The van der Waals surface area contributed by atoms with Gasteiger partial charge in [-0.15, -0.1) is 6.58 Å². The van der Waals surface area contributed by atoms with Crippen molar-refractivity contribution in [3.8, 4) is 0 Å². The van der Waals surface area contributed by atoms with Gasteiger partial charge in [-0.05, 0) is 37.6 Å². The standard InChI is InChI=1S/C10H11Cl.CH5N/c1-3-4-9-6-5-8(2)7-10(9)11;1-2/h3,5-7H,1,4H2,2H3;2H2,1H3. The van der Waals surface area contributed by atoms with Crippen molar-refractivity contribution in [1.29, 1.82) is 0 Å². The van der Waals surface area contributed by atoms with E-state index < -0.39 is 0 Å². The molecule has 0 saturated heterocycles. The van der Waals surface area contributed by atoms with Crippen molar-refractivity contribution >= 4 is 11.6 Å². The number of allylic oxidation sites excluding steroid dienone is 1. The Bertz CT molecular complexity index is 269. The van der Waals surface area contributed by atoms with Gasteiger partial charge >= 0.3 is 0 Å². The van der Waals surface area contributed by atoms with Crippen LogP contribution in [-0.2, 0) is 6.42 Å². The molecule has 72 valence electrons. The lowest BCUT2D eigenvalue weighted by Gasteiger charge is -2.00. The lowest BCUT2D eigenvalue weighted by atomic mass is 10.1. The molecule has 0 amide bonds. The second-order valence-electron chi connectivity index (χ2n) is 2.59. The monoisotopic (exact) mass is 197 g/mol. The molecule has 2 N–H and O–H groups in total. The molecule has 0 radical (unpaired) electrons. The Kier molecular flexibility index (Phi) is 6.29. The van der Waals surface area contributed by atoms with Crippen LogP contribution in [0.5, 0.6) is 0 Å². The van der Waals surface area contributed by atoms with Crippen molar-refractivity contribution in [2.24, 2.45) is 5.73 Å². The highest BCUT2D eigenvalue weighted by molar-refractivity contribution is 6.31. The van der Waals surface area contributed by atoms with E-state index in [0.717, 1.165) is 17.0 Å². The van der Waals surface area contributed by atoms with Gasteiger partial charge < -0.3 is 5.73 Å². The third-order valence-electron chi connectivity index (χ3n) is 1.57. The molecular formula is C11H16ClN. The number of rotatable bonds is 2. The molecule has 0 aliphatic carbocycles. The van der Waals surface area contributed by atoms with Crippen LogP contribution in [-0.4, -0.2) is 7.05 Å². The molecule has 0 spiro atoms. The van der Waals surface area contributed by atoms with Gasteiger partial charge in [0.25, 0.3) is 0 Å². The second kappa shape index (κ2) is 6.70. The van der Waals surface area contributed by atoms with Crippen LogP contribution >= 0.6 is 11.6 Å². The van der Waals surface area contributed by atoms with Crippen LogP contribution in [0.2, 0.25) is 5.02 Å². The number of nitrogens with two attached hydrogens (primary N) is 1. The molecule has 2 heteroatoms. The number of benzene rings is 1. The summed E-state index contributed by atoms with van der Waals surface area (Å²) in [7, 11) is 1.50. The van der Waals surface area contributed by atoms with Crippen molar-refractivity contribution < 1.29 is 0 Å². The van der Waals surface area contributed by atoms with E-state index >= 15 is 0 Å². The van der Waals surface area contributed by atoms with Gasteiger partial charge in [0.1, 0.15) is 0 Å². The Hall–Kier alpha value is -0.790. The fraction of sp³-hybridized carbons (Fsp3) is 0.273. The number of aryl methyl sites for hydroxylation is 1. The predicted octanol–water partition coefficient (Wildman–Crippen LogP) is 2.95. The first-order chi connectivity index (χ1) is 6.24. The van der Waals surface area contributed by atoms with Gasteiger partial charge in [-0.3, -0.25) is 0 Å². The minimum atomic E-state index is 0.838. The van der Waals surface area contributed by atoms with Crippen LogP contribution < -0.4 is 5.73 Å². The molecule has 0 unspecified atom stereocenters. The predicted molar refractivity (Wildman–Crippen MR) is 60.2 cm³/mol. The van der Waals surface area contributed by atoms with E-state index in [2.05, 4.69) is 18.4 Å². The zero-order chi connectivity index (χ0) is 10.3. The summed E-state index contributed by atoms with van der Waals surface area (Å²) in [4.78, 5) is 0. The summed E-state index contributed by atoms with van der Waals surface area (Å²) in [5.41, 5.74) is 6.84. The Morgan fingerprint density at radius 1 is 1.46 bits per heavy atom. The molecule has 0 aliphatic heterocycles. The Morgan fingerprint density at radius 3 is 2.54 bits per heavy atom. The third-order valence-corrected chi connectivity index (χ3v) is 1.92. The molecule has 0 bridgehead atoms. The van der Waals surface area contributed by atoms with Crippen molar-refractivity contribution in [1.82, 2.24) is 0 Å². The summed E-state index contributed by atoms with van der Waals surface area (Å²) in [5, 5.41) is 0.838. The molecule has 1 aromatic rings. The molecule has 1 aromatic carbocycles. The molecule has 1 nitrogen and oxygen atoms in total. The van der Waals surface area contributed by atoms with Crippen LogP contribution in [0.4, 0.5) is 0 Å². The zero-order valence-electron chi connectivity index (χ0n) is 8.18. The van der Waals surface area contributed by atoms with Gasteiger partial charge in [-0.1, -0.05) is 29.8 Å². The van der Waals surface area contributed by atoms with Crippen molar-refractivity contribution in [3.63, 3.8) is 0 Å². The fourth-order valence-corrected chi connectivity index (χ4v) is 1.29. The highest BCUT2D eigenvalue weighted by Gasteiger charge is 1.96. The highest BCUT2D eigenvalue weighted by Crippen LogP contribution is 2.17. The summed E-state index contributed by atoms with van der Waals surface area (Å²) in [6.45, 7) is 5.69. The summed E-state index contributed by atoms with van der Waals surface area (Å²) >= 11 is 5.96. The zero-order valence-corrected chi connectivity index (χ0v) is 8.93. The SMILES string of the molecule is C=CCc1ccc(C)cc1Cl.CN. The lowest BCUT2D eigenvalue weighted by Crippen LogP contribution is -1.83. The quantitative estimate of drug-likeness (QED) is 0.725. The molecule has 1 rings (SSSR count). The number of hydrogen-bond acceptors (Lipinski definition) is 1. The summed E-state index contributed by atoms with van der Waals surface area (Å²) in [6, 6.07) is 6.07. The van der Waals surface area contributed by atoms with Gasteiger partial charge in [0.2, 0.25) is 0 Å². The maximum atomic E-state index is 5.96. The second-order valence-corrected chi connectivity index (χ2v) is 2.99. The summed E-state index contributed by atoms with van der Waals surface area (Å²) in [5.74, 6) is 0. The van der Waals surface area contributed by atoms with Gasteiger partial charge in [-0.2, -0.15) is 0 Å². The van der Waals surface area contributed by atoms with Crippen LogP contribution in [0.3, 0.4) is 0 Å². The topological polar surface area (TPSA) is 26.0 Å². The highest BCUT2D eigenvalue weighted by atomic mass is 35.5. The van der Waals surface area contributed by atoms with Gasteiger partial charge in [0, 0.05) is 5.02 Å². The van der Waals surface area contributed by atoms with Gasteiger partial charge in [0.15, 0.2) is 0 Å². The molecule has 0 aromatic heterocycles. The Labute approximate surface area is 85.2 Å². The first-order valence-corrected chi connectivity index (χ1v) is 4.55. The minimum Gasteiger partial charge on any atom is -0.333 e. The molecule has 0 aliphatic rings. The van der Waals surface area contributed by atoms with Crippen LogP contribution in [0.25, 0.3) is 0 Å². The van der Waals surface area contributed by atoms with Crippen molar-refractivity contribution in [3.05, 3.63) is 47.0 Å². The number of halogens is 1. The first kappa shape index (κ1) is 12.2.